The highest BCUT2D eigenvalue weighted by molar-refractivity contribution is 5.96. The molecule has 0 bridgehead atoms. The molecule has 1 aromatic carbocycles. The van der Waals surface area contributed by atoms with Crippen LogP contribution in [-0.4, -0.2) is 60.2 Å². The molecule has 34 heavy (non-hydrogen) atoms. The molecule has 0 saturated heterocycles. The lowest BCUT2D eigenvalue weighted by molar-refractivity contribution is -0.135. The van der Waals surface area contributed by atoms with Crippen molar-refractivity contribution in [1.82, 2.24) is 34.0 Å². The number of likely N-dealkylation sites (N-methyl/N-ethyl adjacent to an activating group) is 1. The summed E-state index contributed by atoms with van der Waals surface area (Å²) in [6.07, 6.45) is 6.69. The molecule has 0 N–H and O–H groups in total. The lowest BCUT2D eigenvalue weighted by atomic mass is 10.0. The number of ether oxygens (including phenoxy) is 1. The van der Waals surface area contributed by atoms with Crippen LogP contribution in [0.15, 0.2) is 36.7 Å². The molecule has 9 heteroatoms. The van der Waals surface area contributed by atoms with Crippen molar-refractivity contribution in [3.8, 4) is 22.5 Å². The predicted molar refractivity (Wildman–Crippen MR) is 129 cm³/mol. The van der Waals surface area contributed by atoms with Crippen molar-refractivity contribution < 1.29 is 9.53 Å². The molecule has 3 aromatic heterocycles. The van der Waals surface area contributed by atoms with Gasteiger partial charge in [0.25, 0.3) is 0 Å². The molecule has 0 spiro atoms. The summed E-state index contributed by atoms with van der Waals surface area (Å²) in [6.45, 7) is 3.73. The Morgan fingerprint density at radius 1 is 1.12 bits per heavy atom. The van der Waals surface area contributed by atoms with Crippen LogP contribution >= 0.6 is 0 Å². The van der Waals surface area contributed by atoms with E-state index in [-0.39, 0.29) is 11.9 Å². The van der Waals surface area contributed by atoms with Crippen LogP contribution in [0.2, 0.25) is 0 Å². The van der Waals surface area contributed by atoms with Crippen LogP contribution in [0.1, 0.15) is 30.9 Å². The van der Waals surface area contributed by atoms with Gasteiger partial charge in [0.15, 0.2) is 0 Å². The highest BCUT2D eigenvalue weighted by Crippen LogP contribution is 2.38. The first kappa shape index (κ1) is 20.9. The van der Waals surface area contributed by atoms with Gasteiger partial charge in [-0.1, -0.05) is 12.1 Å². The van der Waals surface area contributed by atoms with E-state index < -0.39 is 0 Å². The monoisotopic (exact) mass is 457 g/mol. The lowest BCUT2D eigenvalue weighted by Gasteiger charge is -2.31. The molecule has 0 radical (unpaired) electrons. The van der Waals surface area contributed by atoms with Crippen LogP contribution in [0.25, 0.3) is 39.0 Å². The van der Waals surface area contributed by atoms with Crippen molar-refractivity contribution in [2.24, 2.45) is 14.1 Å². The number of aromatic nitrogens is 6. The molecule has 0 aliphatic carbocycles. The van der Waals surface area contributed by atoms with E-state index in [1.807, 2.05) is 45.1 Å². The number of rotatable bonds is 3. The molecule has 6 rings (SSSR count). The van der Waals surface area contributed by atoms with Crippen LogP contribution in [0.3, 0.4) is 0 Å². The van der Waals surface area contributed by atoms with Crippen molar-refractivity contribution in [2.75, 3.05) is 20.3 Å². The van der Waals surface area contributed by atoms with Crippen molar-refractivity contribution in [3.05, 3.63) is 48.2 Å². The summed E-state index contributed by atoms with van der Waals surface area (Å²) in [6, 6.07) is 6.06. The minimum absolute atomic E-state index is 0.104. The molecule has 4 aromatic rings. The molecule has 1 atom stereocenters. The van der Waals surface area contributed by atoms with Gasteiger partial charge in [0.1, 0.15) is 17.6 Å². The number of aryl methyl sites for hydroxylation is 2. The highest BCUT2D eigenvalue weighted by atomic mass is 16.5. The van der Waals surface area contributed by atoms with Gasteiger partial charge < -0.3 is 14.2 Å². The summed E-state index contributed by atoms with van der Waals surface area (Å²) >= 11 is 0. The smallest absolute Gasteiger partial charge is 0.245 e. The third-order valence-electron chi connectivity index (χ3n) is 6.87. The second-order valence-corrected chi connectivity index (χ2v) is 9.13. The highest BCUT2D eigenvalue weighted by Gasteiger charge is 2.34. The summed E-state index contributed by atoms with van der Waals surface area (Å²) in [5.74, 6) is 0.980. The fourth-order valence-corrected chi connectivity index (χ4v) is 5.12. The zero-order chi connectivity index (χ0) is 23.6. The minimum atomic E-state index is -0.304. The van der Waals surface area contributed by atoms with Crippen LogP contribution in [-0.2, 0) is 30.2 Å². The van der Waals surface area contributed by atoms with Crippen molar-refractivity contribution in [3.63, 3.8) is 0 Å². The third-order valence-corrected chi connectivity index (χ3v) is 6.87. The molecule has 174 valence electrons. The zero-order valence-corrected chi connectivity index (χ0v) is 19.8. The van der Waals surface area contributed by atoms with Gasteiger partial charge in [0.2, 0.25) is 5.91 Å². The Morgan fingerprint density at radius 3 is 2.71 bits per heavy atom. The van der Waals surface area contributed by atoms with Gasteiger partial charge in [-0.3, -0.25) is 14.2 Å². The minimum Gasteiger partial charge on any atom is -0.377 e. The molecule has 9 nitrogen and oxygen atoms in total. The number of carbonyl (C=O) groups is 1. The molecule has 1 amide bonds. The second kappa shape index (κ2) is 7.66. The molecule has 2 aliphatic heterocycles. The predicted octanol–water partition coefficient (Wildman–Crippen LogP) is 3.17. The zero-order valence-electron chi connectivity index (χ0n) is 19.8. The summed E-state index contributed by atoms with van der Waals surface area (Å²) in [5, 5.41) is 10.1. The Balaban J connectivity index is 1.56. The first-order valence-corrected chi connectivity index (χ1v) is 11.5. The lowest BCUT2D eigenvalue weighted by Crippen LogP contribution is -2.39. The van der Waals surface area contributed by atoms with Gasteiger partial charge in [-0.2, -0.15) is 10.2 Å². The third kappa shape index (κ3) is 3.11. The van der Waals surface area contributed by atoms with Gasteiger partial charge in [-0.15, -0.1) is 0 Å². The molecule has 5 heterocycles. The SMILES string of the molecule is C[C@@H]1C(=O)N(C)Cc2c(-c3ccc4c(c3)c(-c3cnn(C)c3)nn4C)nc(C3=CCOCC3)n21. The summed E-state index contributed by atoms with van der Waals surface area (Å²) in [7, 11) is 5.72. The van der Waals surface area contributed by atoms with Gasteiger partial charge in [-0.25, -0.2) is 4.98 Å². The summed E-state index contributed by atoms with van der Waals surface area (Å²) < 4.78 is 11.3. The quantitative estimate of drug-likeness (QED) is 0.472. The van der Waals surface area contributed by atoms with E-state index in [4.69, 9.17) is 14.8 Å². The Labute approximate surface area is 197 Å². The Bertz CT molecular complexity index is 1470. The largest absolute Gasteiger partial charge is 0.377 e. The normalized spacial score (nSPS) is 18.5. The van der Waals surface area contributed by atoms with Crippen LogP contribution in [0.5, 0.6) is 0 Å². The van der Waals surface area contributed by atoms with Crippen molar-refractivity contribution >= 4 is 22.4 Å². The summed E-state index contributed by atoms with van der Waals surface area (Å²) in [5.41, 5.74) is 7.05. The molecule has 0 saturated carbocycles. The number of hydrogen-bond donors (Lipinski definition) is 0. The van der Waals surface area contributed by atoms with Crippen LogP contribution in [0.4, 0.5) is 0 Å². The van der Waals surface area contributed by atoms with E-state index in [2.05, 4.69) is 33.9 Å². The number of fused-ring (bicyclic) bond motifs is 2. The maximum atomic E-state index is 12.9. The topological polar surface area (TPSA) is 83.0 Å². The number of amides is 1. The Morgan fingerprint density at radius 2 is 1.97 bits per heavy atom. The van der Waals surface area contributed by atoms with Crippen LogP contribution < -0.4 is 0 Å². The van der Waals surface area contributed by atoms with Crippen LogP contribution in [0, 0.1) is 0 Å². The average molecular weight is 458 g/mol. The van der Waals surface area contributed by atoms with Gasteiger partial charge in [0, 0.05) is 43.9 Å². The molecular weight excluding hydrogens is 430 g/mol. The van der Waals surface area contributed by atoms with Crippen molar-refractivity contribution in [2.45, 2.75) is 25.9 Å². The maximum absolute atomic E-state index is 12.9. The number of hydrogen-bond acceptors (Lipinski definition) is 5. The van der Waals surface area contributed by atoms with Crippen molar-refractivity contribution in [1.29, 1.82) is 0 Å². The van der Waals surface area contributed by atoms with E-state index in [1.165, 1.54) is 0 Å². The number of benzene rings is 1. The van der Waals surface area contributed by atoms with E-state index in [0.29, 0.717) is 19.8 Å². The molecule has 0 unspecified atom stereocenters. The molecular formula is C25H27N7O2. The second-order valence-electron chi connectivity index (χ2n) is 9.13. The standard InChI is InChI=1S/C25H27N7O2/c1-15-25(33)29(2)14-21-23(27-24(32(15)21)16-7-9-34-10-8-16)17-5-6-20-19(11-17)22(28-31(20)4)18-12-26-30(3)13-18/h5-7,11-13,15H,8-10,14H2,1-4H3/t15-/m1/s1. The number of nitrogens with zero attached hydrogens (tertiary/aromatic N) is 7. The van der Waals surface area contributed by atoms with Gasteiger partial charge >= 0.3 is 0 Å². The Kier molecular flexibility index (Phi) is 4.70. The molecule has 0 fully saturated rings. The van der Waals surface area contributed by atoms with E-state index in [1.54, 1.807) is 9.58 Å². The first-order valence-electron chi connectivity index (χ1n) is 11.5. The van der Waals surface area contributed by atoms with Gasteiger partial charge in [0.05, 0.1) is 42.9 Å². The molecule has 2 aliphatic rings. The maximum Gasteiger partial charge on any atom is 0.245 e. The first-order chi connectivity index (χ1) is 16.4. The average Bonchev–Trinajstić information content (AvgIpc) is 3.53. The van der Waals surface area contributed by atoms with E-state index in [0.717, 1.165) is 56.9 Å². The fourth-order valence-electron chi connectivity index (χ4n) is 5.12. The fraction of sp³-hybridized carbons (Fsp3) is 0.360. The Hall–Kier alpha value is -3.72. The van der Waals surface area contributed by atoms with E-state index >= 15 is 0 Å². The summed E-state index contributed by atoms with van der Waals surface area (Å²) in [4.78, 5) is 19.8. The van der Waals surface area contributed by atoms with Gasteiger partial charge in [-0.05, 0) is 31.1 Å². The number of imidazole rings is 1. The number of carbonyl (C=O) groups excluding carboxylic acids is 1. The van der Waals surface area contributed by atoms with E-state index in [9.17, 15) is 4.79 Å².